The summed E-state index contributed by atoms with van der Waals surface area (Å²) in [5.74, 6) is 1.40. The molecular formula is C16H19N5O2. The molecule has 120 valence electrons. The van der Waals surface area contributed by atoms with Crippen LogP contribution >= 0.6 is 0 Å². The van der Waals surface area contributed by atoms with Gasteiger partial charge in [0.1, 0.15) is 12.1 Å². The van der Waals surface area contributed by atoms with Crippen LogP contribution in [0.5, 0.6) is 5.75 Å². The van der Waals surface area contributed by atoms with Crippen molar-refractivity contribution in [3.63, 3.8) is 0 Å². The first-order valence-corrected chi connectivity index (χ1v) is 7.29. The summed E-state index contributed by atoms with van der Waals surface area (Å²) >= 11 is 0. The Bertz CT molecular complexity index is 815. The number of aromatic nitrogens is 4. The number of hydrogen-bond acceptors (Lipinski definition) is 6. The fourth-order valence-electron chi connectivity index (χ4n) is 2.37. The van der Waals surface area contributed by atoms with E-state index in [0.717, 1.165) is 22.6 Å². The van der Waals surface area contributed by atoms with Gasteiger partial charge in [0.05, 0.1) is 25.7 Å². The van der Waals surface area contributed by atoms with Crippen molar-refractivity contribution in [1.29, 1.82) is 0 Å². The van der Waals surface area contributed by atoms with E-state index in [9.17, 15) is 0 Å². The van der Waals surface area contributed by atoms with Gasteiger partial charge in [-0.15, -0.1) is 0 Å². The highest BCUT2D eigenvalue weighted by molar-refractivity contribution is 5.86. The fourth-order valence-corrected chi connectivity index (χ4v) is 2.37. The molecule has 2 aromatic heterocycles. The highest BCUT2D eigenvalue weighted by Crippen LogP contribution is 2.29. The number of ether oxygens (including phenoxy) is 2. The molecule has 0 saturated carbocycles. The van der Waals surface area contributed by atoms with Gasteiger partial charge in [-0.1, -0.05) is 6.07 Å². The fraction of sp³-hybridized carbons (Fsp3) is 0.312. The van der Waals surface area contributed by atoms with E-state index < -0.39 is 0 Å². The van der Waals surface area contributed by atoms with Crippen molar-refractivity contribution in [1.82, 2.24) is 19.5 Å². The third-order valence-corrected chi connectivity index (χ3v) is 3.55. The van der Waals surface area contributed by atoms with Crippen LogP contribution in [0.2, 0.25) is 0 Å². The van der Waals surface area contributed by atoms with Crippen LogP contribution in [0.3, 0.4) is 0 Å². The summed E-state index contributed by atoms with van der Waals surface area (Å²) in [7, 11) is 3.32. The molecule has 0 unspecified atom stereocenters. The average molecular weight is 313 g/mol. The van der Waals surface area contributed by atoms with Crippen LogP contribution in [-0.4, -0.2) is 40.3 Å². The van der Waals surface area contributed by atoms with Crippen LogP contribution in [0.15, 0.2) is 30.9 Å². The third kappa shape index (κ3) is 3.09. The first kappa shape index (κ1) is 15.2. The molecule has 0 fully saturated rings. The van der Waals surface area contributed by atoms with Crippen molar-refractivity contribution >= 4 is 22.7 Å². The van der Waals surface area contributed by atoms with Crippen molar-refractivity contribution in [2.24, 2.45) is 0 Å². The number of hydrogen-bond donors (Lipinski definition) is 1. The molecule has 3 aromatic rings. The zero-order chi connectivity index (χ0) is 16.2. The van der Waals surface area contributed by atoms with Crippen LogP contribution in [0.4, 0.5) is 11.5 Å². The Labute approximate surface area is 134 Å². The lowest BCUT2D eigenvalue weighted by Crippen LogP contribution is -2.04. The topological polar surface area (TPSA) is 74.1 Å². The van der Waals surface area contributed by atoms with E-state index in [-0.39, 0.29) is 0 Å². The Morgan fingerprint density at radius 2 is 2.04 bits per heavy atom. The lowest BCUT2D eigenvalue weighted by atomic mass is 10.2. The molecule has 0 aliphatic rings. The zero-order valence-electron chi connectivity index (χ0n) is 13.4. The number of fused-ring (bicyclic) bond motifs is 1. The SMILES string of the molecule is COCCn1cnc2c(Nc3cc(C)ccc3OC)ncnc21. The monoisotopic (exact) mass is 313 g/mol. The summed E-state index contributed by atoms with van der Waals surface area (Å²) in [6.45, 7) is 3.32. The molecule has 0 radical (unpaired) electrons. The quantitative estimate of drug-likeness (QED) is 0.754. The molecule has 1 aromatic carbocycles. The van der Waals surface area contributed by atoms with Gasteiger partial charge in [-0.05, 0) is 24.6 Å². The molecule has 0 aliphatic carbocycles. The average Bonchev–Trinajstić information content (AvgIpc) is 2.97. The smallest absolute Gasteiger partial charge is 0.165 e. The number of nitrogens with zero attached hydrogens (tertiary/aromatic N) is 4. The second-order valence-electron chi connectivity index (χ2n) is 5.15. The number of aryl methyl sites for hydroxylation is 1. The Morgan fingerprint density at radius 3 is 2.83 bits per heavy atom. The lowest BCUT2D eigenvalue weighted by molar-refractivity contribution is 0.188. The van der Waals surface area contributed by atoms with Crippen LogP contribution in [0.25, 0.3) is 11.2 Å². The number of imidazole rings is 1. The standard InChI is InChI=1S/C16H19N5O2/c1-11-4-5-13(23-3)12(8-11)20-15-14-16(18-9-17-15)21(10-19-14)6-7-22-2/h4-5,8-10H,6-7H2,1-3H3,(H,17,18,20). The normalized spacial score (nSPS) is 10.9. The number of benzene rings is 1. The largest absolute Gasteiger partial charge is 0.495 e. The van der Waals surface area contributed by atoms with Gasteiger partial charge in [-0.2, -0.15) is 0 Å². The Hall–Kier alpha value is -2.67. The minimum absolute atomic E-state index is 0.601. The van der Waals surface area contributed by atoms with Gasteiger partial charge in [0.2, 0.25) is 0 Å². The summed E-state index contributed by atoms with van der Waals surface area (Å²) < 4.78 is 12.4. The van der Waals surface area contributed by atoms with E-state index in [1.54, 1.807) is 20.5 Å². The summed E-state index contributed by atoms with van der Waals surface area (Å²) in [6.07, 6.45) is 3.27. The highest BCUT2D eigenvalue weighted by Gasteiger charge is 2.12. The first-order valence-electron chi connectivity index (χ1n) is 7.29. The molecule has 7 heteroatoms. The molecule has 23 heavy (non-hydrogen) atoms. The molecule has 0 amide bonds. The lowest BCUT2D eigenvalue weighted by Gasteiger charge is -2.11. The molecule has 3 rings (SSSR count). The molecule has 0 bridgehead atoms. The van der Waals surface area contributed by atoms with Crippen LogP contribution in [0, 0.1) is 6.92 Å². The summed E-state index contributed by atoms with van der Waals surface area (Å²) in [5.41, 5.74) is 3.46. The van der Waals surface area contributed by atoms with Crippen molar-refractivity contribution < 1.29 is 9.47 Å². The molecule has 0 atom stereocenters. The number of nitrogens with one attached hydrogen (secondary N) is 1. The Balaban J connectivity index is 1.98. The van der Waals surface area contributed by atoms with E-state index in [2.05, 4.69) is 20.3 Å². The van der Waals surface area contributed by atoms with Crippen LogP contribution < -0.4 is 10.1 Å². The molecular weight excluding hydrogens is 294 g/mol. The zero-order valence-corrected chi connectivity index (χ0v) is 13.4. The van der Waals surface area contributed by atoms with E-state index in [0.29, 0.717) is 24.5 Å². The van der Waals surface area contributed by atoms with Crippen molar-refractivity contribution in [3.05, 3.63) is 36.4 Å². The maximum Gasteiger partial charge on any atom is 0.165 e. The number of anilines is 2. The minimum atomic E-state index is 0.601. The highest BCUT2D eigenvalue weighted by atomic mass is 16.5. The second-order valence-corrected chi connectivity index (χ2v) is 5.15. The van der Waals surface area contributed by atoms with Gasteiger partial charge >= 0.3 is 0 Å². The van der Waals surface area contributed by atoms with E-state index in [1.807, 2.05) is 29.7 Å². The summed E-state index contributed by atoms with van der Waals surface area (Å²) in [4.78, 5) is 13.1. The molecule has 1 N–H and O–H groups in total. The summed E-state index contributed by atoms with van der Waals surface area (Å²) in [5, 5.41) is 3.29. The first-order chi connectivity index (χ1) is 11.2. The predicted octanol–water partition coefficient (Wildman–Crippen LogP) is 2.53. The van der Waals surface area contributed by atoms with Crippen molar-refractivity contribution in [3.8, 4) is 5.75 Å². The molecule has 0 saturated heterocycles. The van der Waals surface area contributed by atoms with E-state index >= 15 is 0 Å². The van der Waals surface area contributed by atoms with E-state index in [1.165, 1.54) is 6.33 Å². The second kappa shape index (κ2) is 6.62. The number of methoxy groups -OCH3 is 2. The van der Waals surface area contributed by atoms with Gasteiger partial charge in [-0.3, -0.25) is 0 Å². The van der Waals surface area contributed by atoms with E-state index in [4.69, 9.17) is 9.47 Å². The van der Waals surface area contributed by atoms with Gasteiger partial charge in [0.25, 0.3) is 0 Å². The van der Waals surface area contributed by atoms with Crippen LogP contribution in [0.1, 0.15) is 5.56 Å². The van der Waals surface area contributed by atoms with Crippen molar-refractivity contribution in [2.75, 3.05) is 26.1 Å². The van der Waals surface area contributed by atoms with Gasteiger partial charge < -0.3 is 19.4 Å². The third-order valence-electron chi connectivity index (χ3n) is 3.55. The molecule has 0 spiro atoms. The minimum Gasteiger partial charge on any atom is -0.495 e. The van der Waals surface area contributed by atoms with Crippen LogP contribution in [-0.2, 0) is 11.3 Å². The maximum absolute atomic E-state index is 5.39. The van der Waals surface area contributed by atoms with Gasteiger partial charge in [0.15, 0.2) is 17.0 Å². The predicted molar refractivity (Wildman–Crippen MR) is 88.2 cm³/mol. The van der Waals surface area contributed by atoms with Gasteiger partial charge in [-0.25, -0.2) is 15.0 Å². The van der Waals surface area contributed by atoms with Gasteiger partial charge in [0, 0.05) is 13.7 Å². The maximum atomic E-state index is 5.39. The molecule has 2 heterocycles. The Morgan fingerprint density at radius 1 is 1.17 bits per heavy atom. The van der Waals surface area contributed by atoms with Crippen molar-refractivity contribution in [2.45, 2.75) is 13.5 Å². The Kier molecular flexibility index (Phi) is 4.38. The summed E-state index contributed by atoms with van der Waals surface area (Å²) in [6, 6.07) is 5.93. The molecule has 7 nitrogen and oxygen atoms in total. The number of rotatable bonds is 6. The molecule has 0 aliphatic heterocycles.